The molecule has 1 N–H and O–H groups in total. The molecule has 0 bridgehead atoms. The molecule has 0 fully saturated rings. The Balaban J connectivity index is 0. The third-order valence-electron chi connectivity index (χ3n) is 0.341. The number of carbonyl (C=O) groups is 1. The number of hydrogen-bond acceptors (Lipinski definition) is 3. The Morgan fingerprint density at radius 1 is 1.86 bits per heavy atom. The van der Waals surface area contributed by atoms with E-state index in [9.17, 15) is 9.90 Å². The predicted molar refractivity (Wildman–Crippen MR) is 16.7 cm³/mol. The van der Waals surface area contributed by atoms with Crippen LogP contribution in [0.15, 0.2) is 0 Å². The summed E-state index contributed by atoms with van der Waals surface area (Å²) < 4.78 is 0. The Labute approximate surface area is 63.6 Å². The van der Waals surface area contributed by atoms with Crippen molar-refractivity contribution in [2.45, 2.75) is 13.0 Å². The van der Waals surface area contributed by atoms with Crippen molar-refractivity contribution < 1.29 is 44.6 Å². The second-order valence-electron chi connectivity index (χ2n) is 0.995. The van der Waals surface area contributed by atoms with Crippen LogP contribution in [0.5, 0.6) is 0 Å². The molecule has 0 aromatic carbocycles. The van der Waals surface area contributed by atoms with Crippen molar-refractivity contribution >= 4 is 5.97 Å². The molecule has 3 nitrogen and oxygen atoms in total. The van der Waals surface area contributed by atoms with Crippen LogP contribution in [0, 0.1) is 0 Å². The third kappa shape index (κ3) is 6.43. The molecule has 0 rings (SSSR count). The van der Waals surface area contributed by atoms with Gasteiger partial charge in [-0.3, -0.25) is 0 Å². The molecule has 0 aliphatic carbocycles. The molecule has 0 aromatic rings. The van der Waals surface area contributed by atoms with E-state index in [1.807, 2.05) is 0 Å². The van der Waals surface area contributed by atoms with E-state index < -0.39 is 12.1 Å². The zero-order valence-electron chi connectivity index (χ0n) is 4.34. The van der Waals surface area contributed by atoms with Gasteiger partial charge in [-0.1, -0.05) is 0 Å². The van der Waals surface area contributed by atoms with Gasteiger partial charge in [0.15, 0.2) is 0 Å². The summed E-state index contributed by atoms with van der Waals surface area (Å²) in [5.74, 6) is -1.44. The van der Waals surface area contributed by atoms with Crippen LogP contribution in [0.25, 0.3) is 0 Å². The number of aliphatic hydroxyl groups is 1. The normalized spacial score (nSPS) is 11.7. The molecule has 0 saturated carbocycles. The molecule has 36 valence electrons. The van der Waals surface area contributed by atoms with Gasteiger partial charge in [-0.25, -0.2) is 0 Å². The Bertz CT molecular complexity index is 61.2. The molecule has 0 saturated heterocycles. The van der Waals surface area contributed by atoms with Gasteiger partial charge in [0, 0.05) is 0 Å². The summed E-state index contributed by atoms with van der Waals surface area (Å²) in [5, 5.41) is 17.3. The first-order valence-corrected chi connectivity index (χ1v) is 1.53. The predicted octanol–water partition coefficient (Wildman–Crippen LogP) is -4.88. The van der Waals surface area contributed by atoms with Gasteiger partial charge >= 0.3 is 29.6 Å². The van der Waals surface area contributed by atoms with Crippen molar-refractivity contribution in [2.24, 2.45) is 0 Å². The SMILES string of the molecule is [13CH3]C(O)C(=O)[O-].[Na+]. The van der Waals surface area contributed by atoms with Gasteiger partial charge in [-0.05, 0) is 6.92 Å². The number of hydrogen-bond donors (Lipinski definition) is 1. The molecule has 1 unspecified atom stereocenters. The number of carboxylic acid groups (broad SMARTS) is 1. The summed E-state index contributed by atoms with van der Waals surface area (Å²) in [6.07, 6.45) is -1.34. The fourth-order valence-electron chi connectivity index (χ4n) is 0. The minimum Gasteiger partial charge on any atom is -0.547 e. The third-order valence-corrected chi connectivity index (χ3v) is 0.341. The summed E-state index contributed by atoms with van der Waals surface area (Å²) in [6.45, 7) is 1.13. The molecule has 0 radical (unpaired) electrons. The van der Waals surface area contributed by atoms with E-state index >= 15 is 0 Å². The number of aliphatic carboxylic acids is 1. The maximum atomic E-state index is 9.34. The van der Waals surface area contributed by atoms with Crippen LogP contribution in [0.3, 0.4) is 0 Å². The van der Waals surface area contributed by atoms with E-state index in [1.54, 1.807) is 0 Å². The van der Waals surface area contributed by atoms with Crippen molar-refractivity contribution in [1.82, 2.24) is 0 Å². The van der Waals surface area contributed by atoms with Gasteiger partial charge in [0.05, 0.1) is 12.1 Å². The molecule has 0 aromatic heterocycles. The van der Waals surface area contributed by atoms with Gasteiger partial charge in [-0.15, -0.1) is 0 Å². The maximum Gasteiger partial charge on any atom is 1.00 e. The first-order chi connectivity index (χ1) is 2.64. The quantitative estimate of drug-likeness (QED) is 0.274. The van der Waals surface area contributed by atoms with Gasteiger partial charge in [-0.2, -0.15) is 0 Å². The summed E-state index contributed by atoms with van der Waals surface area (Å²) in [6, 6.07) is 0. The van der Waals surface area contributed by atoms with Gasteiger partial charge in [0.25, 0.3) is 0 Å². The monoisotopic (exact) mass is 113 g/mol. The molecule has 7 heavy (non-hydrogen) atoms. The summed E-state index contributed by atoms with van der Waals surface area (Å²) in [5.41, 5.74) is 0. The van der Waals surface area contributed by atoms with Gasteiger partial charge in [0.1, 0.15) is 0 Å². The standard InChI is InChI=1S/C3H6O3.Na/c1-2(4)3(5)6;/h2,4H,1H3,(H,5,6);/q;+1/p-1/i1+1;. The van der Waals surface area contributed by atoms with Crippen molar-refractivity contribution in [3.8, 4) is 0 Å². The van der Waals surface area contributed by atoms with E-state index in [0.717, 1.165) is 6.92 Å². The van der Waals surface area contributed by atoms with Crippen LogP contribution >= 0.6 is 0 Å². The van der Waals surface area contributed by atoms with Crippen LogP contribution in [-0.4, -0.2) is 17.2 Å². The fraction of sp³-hybridized carbons (Fsp3) is 0.667. The molecule has 1 atom stereocenters. The number of carbonyl (C=O) groups excluding carboxylic acids is 1. The average molecular weight is 113 g/mol. The van der Waals surface area contributed by atoms with E-state index in [-0.39, 0.29) is 29.6 Å². The van der Waals surface area contributed by atoms with Crippen LogP contribution in [0.4, 0.5) is 0 Å². The minimum absolute atomic E-state index is 0. The Kier molecular flexibility index (Phi) is 6.82. The van der Waals surface area contributed by atoms with Gasteiger partial charge < -0.3 is 15.0 Å². The van der Waals surface area contributed by atoms with E-state index in [2.05, 4.69) is 0 Å². The Hall–Kier alpha value is 0.430. The Morgan fingerprint density at radius 3 is 2.00 bits per heavy atom. The topological polar surface area (TPSA) is 60.4 Å². The fourth-order valence-corrected chi connectivity index (χ4v) is 0. The molecule has 4 heteroatoms. The van der Waals surface area contributed by atoms with E-state index in [1.165, 1.54) is 0 Å². The first kappa shape index (κ1) is 10.4. The number of rotatable bonds is 1. The second kappa shape index (κ2) is 4.59. The van der Waals surface area contributed by atoms with Crippen molar-refractivity contribution in [3.63, 3.8) is 0 Å². The zero-order valence-corrected chi connectivity index (χ0v) is 6.34. The maximum absolute atomic E-state index is 9.34. The number of carboxylic acids is 1. The van der Waals surface area contributed by atoms with Crippen molar-refractivity contribution in [2.75, 3.05) is 0 Å². The molecular formula is C3H5NaO3. The largest absolute Gasteiger partial charge is 1.00 e. The number of aliphatic hydroxyl groups excluding tert-OH is 1. The van der Waals surface area contributed by atoms with Crippen molar-refractivity contribution in [1.29, 1.82) is 0 Å². The molecule has 0 aliphatic heterocycles. The van der Waals surface area contributed by atoms with Gasteiger partial charge in [0.2, 0.25) is 0 Å². The zero-order chi connectivity index (χ0) is 5.15. The van der Waals surface area contributed by atoms with Crippen LogP contribution in [-0.2, 0) is 4.79 Å². The van der Waals surface area contributed by atoms with Crippen LogP contribution < -0.4 is 34.7 Å². The molecule has 0 amide bonds. The molecule has 0 heterocycles. The van der Waals surface area contributed by atoms with Crippen molar-refractivity contribution in [3.05, 3.63) is 0 Å². The minimum atomic E-state index is -1.44. The van der Waals surface area contributed by atoms with E-state index in [0.29, 0.717) is 0 Å². The average Bonchev–Trinajstić information content (AvgIpc) is 1.36. The summed E-state index contributed by atoms with van der Waals surface area (Å²) in [4.78, 5) is 9.34. The molecule has 0 aliphatic rings. The Morgan fingerprint density at radius 2 is 2.00 bits per heavy atom. The smallest absolute Gasteiger partial charge is 0.547 e. The van der Waals surface area contributed by atoms with Crippen LogP contribution in [0.1, 0.15) is 6.92 Å². The first-order valence-electron chi connectivity index (χ1n) is 1.53. The van der Waals surface area contributed by atoms with Crippen LogP contribution in [0.2, 0.25) is 0 Å². The summed E-state index contributed by atoms with van der Waals surface area (Å²) in [7, 11) is 0. The second-order valence-corrected chi connectivity index (χ2v) is 0.995. The molecule has 0 spiro atoms. The summed E-state index contributed by atoms with van der Waals surface area (Å²) >= 11 is 0. The van der Waals surface area contributed by atoms with E-state index in [4.69, 9.17) is 5.11 Å². The molecular weight excluding hydrogens is 108 g/mol.